The van der Waals surface area contributed by atoms with E-state index < -0.39 is 0 Å². The zero-order chi connectivity index (χ0) is 18.6. The van der Waals surface area contributed by atoms with Crippen LogP contribution in [0.4, 0.5) is 0 Å². The Bertz CT molecular complexity index is 780. The minimum Gasteiger partial charge on any atom is -0.511 e. The molecule has 1 N–H and O–H groups in total. The molecule has 0 atom stereocenters. The van der Waals surface area contributed by atoms with Crippen molar-refractivity contribution in [3.05, 3.63) is 83.1 Å². The molecule has 2 aromatic carbocycles. The van der Waals surface area contributed by atoms with Gasteiger partial charge in [0.15, 0.2) is 5.78 Å². The first kappa shape index (κ1) is 18.1. The third kappa shape index (κ3) is 4.29. The van der Waals surface area contributed by atoms with Gasteiger partial charge in [0, 0.05) is 31.5 Å². The lowest BCUT2D eigenvalue weighted by Gasteiger charge is -2.28. The number of ketones is 1. The zero-order valence-electron chi connectivity index (χ0n) is 15.4. The number of benzene rings is 2. The maximum absolute atomic E-state index is 12.3. The molecule has 0 aliphatic heterocycles. The number of nitrogens with zero attached hydrogens (tertiary/aromatic N) is 1. The van der Waals surface area contributed by atoms with Gasteiger partial charge in [-0.05, 0) is 16.5 Å². The SMILES string of the molecule is CC1(C)CC(=O)C(C=NCC(c2ccccc2)c2ccccc2)=C(O)C1. The van der Waals surface area contributed by atoms with Crippen LogP contribution >= 0.6 is 0 Å². The number of carbonyl (C=O) groups excluding carboxylic acids is 1. The summed E-state index contributed by atoms with van der Waals surface area (Å²) in [4.78, 5) is 16.9. The summed E-state index contributed by atoms with van der Waals surface area (Å²) in [5, 5.41) is 10.2. The monoisotopic (exact) mass is 347 g/mol. The Hall–Kier alpha value is -2.68. The van der Waals surface area contributed by atoms with Crippen LogP contribution in [0.15, 0.2) is 77.0 Å². The first-order valence-corrected chi connectivity index (χ1v) is 9.01. The van der Waals surface area contributed by atoms with Gasteiger partial charge in [-0.25, -0.2) is 0 Å². The number of hydrogen-bond acceptors (Lipinski definition) is 3. The summed E-state index contributed by atoms with van der Waals surface area (Å²) in [6, 6.07) is 20.5. The predicted molar refractivity (Wildman–Crippen MR) is 106 cm³/mol. The first-order chi connectivity index (χ1) is 12.5. The number of aliphatic hydroxyl groups is 1. The molecule has 0 heterocycles. The fourth-order valence-electron chi connectivity index (χ4n) is 3.47. The van der Waals surface area contributed by atoms with Crippen molar-refractivity contribution < 1.29 is 9.90 Å². The van der Waals surface area contributed by atoms with Gasteiger partial charge < -0.3 is 5.11 Å². The van der Waals surface area contributed by atoms with E-state index in [4.69, 9.17) is 0 Å². The van der Waals surface area contributed by atoms with Crippen LogP contribution < -0.4 is 0 Å². The standard InChI is InChI=1S/C23H25NO2/c1-23(2)13-21(25)20(22(26)14-23)16-24-15-19(17-9-5-3-6-10-17)18-11-7-4-8-12-18/h3-12,16,19,25H,13-15H2,1-2H3. The molecular formula is C23H25NO2. The molecule has 0 spiro atoms. The minimum absolute atomic E-state index is 0.0292. The van der Waals surface area contributed by atoms with Crippen LogP contribution in [0.25, 0.3) is 0 Å². The lowest BCUT2D eigenvalue weighted by molar-refractivity contribution is -0.117. The van der Waals surface area contributed by atoms with Gasteiger partial charge in [0.05, 0.1) is 5.57 Å². The van der Waals surface area contributed by atoms with Gasteiger partial charge in [0.25, 0.3) is 0 Å². The molecule has 0 radical (unpaired) electrons. The smallest absolute Gasteiger partial charge is 0.168 e. The quantitative estimate of drug-likeness (QED) is 0.766. The Labute approximate surface area is 155 Å². The molecule has 1 aliphatic rings. The zero-order valence-corrected chi connectivity index (χ0v) is 15.4. The second kappa shape index (κ2) is 7.69. The Kier molecular flexibility index (Phi) is 5.36. The summed E-state index contributed by atoms with van der Waals surface area (Å²) < 4.78 is 0. The molecule has 0 unspecified atom stereocenters. The highest BCUT2D eigenvalue weighted by atomic mass is 16.3. The Morgan fingerprint density at radius 1 is 1.00 bits per heavy atom. The number of Topliss-reactive ketones (excluding diaryl/α,β-unsaturated/α-hetero) is 1. The fraction of sp³-hybridized carbons (Fsp3) is 0.304. The molecule has 134 valence electrons. The second-order valence-electron chi connectivity index (χ2n) is 7.67. The largest absolute Gasteiger partial charge is 0.511 e. The van der Waals surface area contributed by atoms with Crippen molar-refractivity contribution in [1.29, 1.82) is 0 Å². The molecule has 2 aromatic rings. The molecular weight excluding hydrogens is 322 g/mol. The summed E-state index contributed by atoms with van der Waals surface area (Å²) in [6.07, 6.45) is 2.52. The van der Waals surface area contributed by atoms with E-state index in [9.17, 15) is 9.90 Å². The van der Waals surface area contributed by atoms with Crippen LogP contribution in [0.3, 0.4) is 0 Å². The van der Waals surface area contributed by atoms with Gasteiger partial charge in [-0.3, -0.25) is 9.79 Å². The number of aliphatic hydroxyl groups excluding tert-OH is 1. The summed E-state index contributed by atoms with van der Waals surface area (Å²) in [5.41, 5.74) is 2.55. The molecule has 0 saturated heterocycles. The van der Waals surface area contributed by atoms with E-state index in [-0.39, 0.29) is 22.9 Å². The third-order valence-corrected chi connectivity index (χ3v) is 4.81. The highest BCUT2D eigenvalue weighted by molar-refractivity contribution is 6.14. The average Bonchev–Trinajstić information content (AvgIpc) is 2.61. The molecule has 0 bridgehead atoms. The van der Waals surface area contributed by atoms with Gasteiger partial charge in [-0.1, -0.05) is 74.5 Å². The normalized spacial score (nSPS) is 17.3. The molecule has 3 rings (SSSR count). The van der Waals surface area contributed by atoms with Crippen molar-refractivity contribution in [1.82, 2.24) is 0 Å². The van der Waals surface area contributed by atoms with Crippen molar-refractivity contribution in [2.45, 2.75) is 32.6 Å². The van der Waals surface area contributed by atoms with E-state index in [0.29, 0.717) is 25.0 Å². The number of rotatable bonds is 5. The summed E-state index contributed by atoms with van der Waals surface area (Å²) in [7, 11) is 0. The Morgan fingerprint density at radius 2 is 1.54 bits per heavy atom. The van der Waals surface area contributed by atoms with Crippen LogP contribution in [0, 0.1) is 5.41 Å². The van der Waals surface area contributed by atoms with E-state index in [0.717, 1.165) is 0 Å². The van der Waals surface area contributed by atoms with Gasteiger partial charge in [0.2, 0.25) is 0 Å². The van der Waals surface area contributed by atoms with Crippen LogP contribution in [-0.2, 0) is 4.79 Å². The van der Waals surface area contributed by atoms with E-state index >= 15 is 0 Å². The van der Waals surface area contributed by atoms with Gasteiger partial charge in [-0.2, -0.15) is 0 Å². The molecule has 3 nitrogen and oxygen atoms in total. The van der Waals surface area contributed by atoms with Gasteiger partial charge in [0.1, 0.15) is 5.76 Å². The highest BCUT2D eigenvalue weighted by Crippen LogP contribution is 2.35. The van der Waals surface area contributed by atoms with Crippen LogP contribution in [0.2, 0.25) is 0 Å². The van der Waals surface area contributed by atoms with Crippen molar-refractivity contribution in [3.8, 4) is 0 Å². The van der Waals surface area contributed by atoms with Crippen molar-refractivity contribution in [2.24, 2.45) is 10.4 Å². The van der Waals surface area contributed by atoms with E-state index in [1.807, 2.05) is 50.2 Å². The van der Waals surface area contributed by atoms with Gasteiger partial charge >= 0.3 is 0 Å². The number of aliphatic imine (C=N–C) groups is 1. The molecule has 1 aliphatic carbocycles. The highest BCUT2D eigenvalue weighted by Gasteiger charge is 2.32. The fourth-order valence-corrected chi connectivity index (χ4v) is 3.47. The lowest BCUT2D eigenvalue weighted by Crippen LogP contribution is -2.26. The average molecular weight is 347 g/mol. The topological polar surface area (TPSA) is 49.7 Å². The molecule has 0 amide bonds. The third-order valence-electron chi connectivity index (χ3n) is 4.81. The van der Waals surface area contributed by atoms with E-state index in [2.05, 4.69) is 29.3 Å². The summed E-state index contributed by atoms with van der Waals surface area (Å²) in [6.45, 7) is 4.52. The number of hydrogen-bond donors (Lipinski definition) is 1. The van der Waals surface area contributed by atoms with Crippen molar-refractivity contribution in [2.75, 3.05) is 6.54 Å². The Morgan fingerprint density at radius 3 is 2.04 bits per heavy atom. The predicted octanol–water partition coefficient (Wildman–Crippen LogP) is 5.09. The van der Waals surface area contributed by atoms with Crippen molar-refractivity contribution in [3.63, 3.8) is 0 Å². The van der Waals surface area contributed by atoms with Crippen LogP contribution in [0.1, 0.15) is 43.7 Å². The maximum Gasteiger partial charge on any atom is 0.168 e. The second-order valence-corrected chi connectivity index (χ2v) is 7.67. The number of allylic oxidation sites excluding steroid dienone is 2. The van der Waals surface area contributed by atoms with Crippen LogP contribution in [0.5, 0.6) is 0 Å². The molecule has 0 aromatic heterocycles. The minimum atomic E-state index is -0.185. The van der Waals surface area contributed by atoms with E-state index in [1.165, 1.54) is 11.1 Å². The summed E-state index contributed by atoms with van der Waals surface area (Å²) in [5.74, 6) is 0.246. The molecule has 3 heteroatoms. The van der Waals surface area contributed by atoms with E-state index in [1.54, 1.807) is 6.21 Å². The molecule has 26 heavy (non-hydrogen) atoms. The van der Waals surface area contributed by atoms with Crippen molar-refractivity contribution >= 4 is 12.0 Å². The summed E-state index contributed by atoms with van der Waals surface area (Å²) >= 11 is 0. The lowest BCUT2D eigenvalue weighted by atomic mass is 9.77. The van der Waals surface area contributed by atoms with Crippen LogP contribution in [-0.4, -0.2) is 23.6 Å². The number of carbonyl (C=O) groups is 1. The Balaban J connectivity index is 1.83. The molecule has 0 saturated carbocycles. The maximum atomic E-state index is 12.3. The molecule has 0 fully saturated rings. The first-order valence-electron chi connectivity index (χ1n) is 9.01. The van der Waals surface area contributed by atoms with Gasteiger partial charge in [-0.15, -0.1) is 0 Å².